The van der Waals surface area contributed by atoms with Crippen LogP contribution in [0.3, 0.4) is 0 Å². The van der Waals surface area contributed by atoms with Crippen LogP contribution in [0.2, 0.25) is 0 Å². The zero-order chi connectivity index (χ0) is 37.3. The van der Waals surface area contributed by atoms with E-state index in [2.05, 4.69) is 27.2 Å². The van der Waals surface area contributed by atoms with Gasteiger partial charge in [0.1, 0.15) is 12.1 Å². The van der Waals surface area contributed by atoms with Gasteiger partial charge in [-0.1, -0.05) is 52.4 Å². The molecule has 3 atom stereocenters. The lowest BCUT2D eigenvalue weighted by molar-refractivity contribution is -0.145. The number of hydrogen-bond donors (Lipinski definition) is 4. The van der Waals surface area contributed by atoms with Crippen molar-refractivity contribution in [3.05, 3.63) is 0 Å². The molecule has 3 fully saturated rings. The zero-order valence-electron chi connectivity index (χ0n) is 31.1. The summed E-state index contributed by atoms with van der Waals surface area (Å²) in [7, 11) is -3.57. The molecule has 3 rings (SSSR count). The Bertz CT molecular complexity index is 1380. The number of nitrogens with zero attached hydrogens (tertiary/aromatic N) is 1. The third-order valence-corrected chi connectivity index (χ3v) is 13.5. The minimum atomic E-state index is -3.57. The second kappa shape index (κ2) is 17.4. The van der Waals surface area contributed by atoms with Crippen LogP contribution in [-0.2, 0) is 29.0 Å². The summed E-state index contributed by atoms with van der Waals surface area (Å²) in [4.78, 5) is 69.4. The number of carbonyl (C=O) groups is 5. The van der Waals surface area contributed by atoms with Gasteiger partial charge < -0.3 is 26.2 Å². The van der Waals surface area contributed by atoms with Crippen molar-refractivity contribution in [3.63, 3.8) is 0 Å². The molecule has 282 valence electrons. The van der Waals surface area contributed by atoms with E-state index in [9.17, 15) is 32.4 Å². The summed E-state index contributed by atoms with van der Waals surface area (Å²) in [5, 5.41) is 11.4. The van der Waals surface area contributed by atoms with Crippen molar-refractivity contribution in [2.24, 2.45) is 5.41 Å². The largest absolute Gasteiger partial charge is 0.347 e. The van der Waals surface area contributed by atoms with Crippen molar-refractivity contribution in [1.82, 2.24) is 26.2 Å². The number of urea groups is 1. The average Bonchev–Trinajstić information content (AvgIpc) is 3.87. The second-order valence-electron chi connectivity index (χ2n) is 16.1. The molecule has 0 bridgehead atoms. The van der Waals surface area contributed by atoms with E-state index in [1.54, 1.807) is 27.7 Å². The average molecular weight is 720 g/mol. The predicted octanol–water partition coefficient (Wildman–Crippen LogP) is 3.91. The summed E-state index contributed by atoms with van der Waals surface area (Å²) >= 11 is 0. The highest BCUT2D eigenvalue weighted by atomic mass is 32.2. The first-order chi connectivity index (χ1) is 23.4. The Morgan fingerprint density at radius 2 is 1.52 bits per heavy atom. The Balaban J connectivity index is 1.87. The van der Waals surface area contributed by atoms with E-state index in [4.69, 9.17) is 6.42 Å². The van der Waals surface area contributed by atoms with E-state index in [1.807, 2.05) is 13.8 Å². The summed E-state index contributed by atoms with van der Waals surface area (Å²) < 4.78 is 25.8. The molecule has 0 aromatic carbocycles. The standard InChI is InChI=1S/C37H61N5O7S/c1-8-10-17-28(29(43)32(45)38-27-18-19-27)39-31(44)26(3)42(24-9-2)33(46)30(36(7)20-13-11-14-21-36)40-34(47)41-37(22-15-12-16-23-37)25-50(48,49)35(4,5)6/h1,26-28,30H,9-25H2,2-7H3,(H,38,45)(H,39,44)(H2,40,41,47)/t26-,28?,30+/m0/s1. The molecule has 3 aliphatic carbocycles. The van der Waals surface area contributed by atoms with Crippen LogP contribution in [0.15, 0.2) is 0 Å². The molecule has 0 saturated heterocycles. The third kappa shape index (κ3) is 10.9. The third-order valence-electron chi connectivity index (χ3n) is 10.7. The molecule has 5 amide bonds. The number of ketones is 1. The van der Waals surface area contributed by atoms with E-state index in [-0.39, 0.29) is 31.2 Å². The van der Waals surface area contributed by atoms with Crippen LogP contribution in [-0.4, -0.2) is 89.6 Å². The second-order valence-corrected chi connectivity index (χ2v) is 18.8. The Hall–Kier alpha value is -3.14. The number of rotatable bonds is 16. The molecule has 4 N–H and O–H groups in total. The Kier molecular flexibility index (Phi) is 14.4. The molecule has 0 aromatic heterocycles. The van der Waals surface area contributed by atoms with Gasteiger partial charge in [0.15, 0.2) is 9.84 Å². The van der Waals surface area contributed by atoms with E-state index in [0.717, 1.165) is 51.4 Å². The van der Waals surface area contributed by atoms with E-state index in [1.165, 1.54) is 4.90 Å². The maximum absolute atomic E-state index is 14.6. The summed E-state index contributed by atoms with van der Waals surface area (Å²) in [6.07, 6.45) is 15.5. The Morgan fingerprint density at radius 1 is 0.940 bits per heavy atom. The molecular formula is C37H61N5O7S. The molecule has 12 nitrogen and oxygen atoms in total. The molecule has 3 saturated carbocycles. The molecule has 3 aliphatic rings. The summed E-state index contributed by atoms with van der Waals surface area (Å²) in [5.74, 6) is -0.313. The number of terminal acetylenes is 1. The number of hydrogen-bond acceptors (Lipinski definition) is 7. The maximum Gasteiger partial charge on any atom is 0.315 e. The zero-order valence-corrected chi connectivity index (χ0v) is 31.9. The first kappa shape index (κ1) is 41.3. The molecule has 0 spiro atoms. The van der Waals surface area contributed by atoms with Gasteiger partial charge in [-0.2, -0.15) is 0 Å². The van der Waals surface area contributed by atoms with Gasteiger partial charge in [0.2, 0.25) is 17.6 Å². The highest BCUT2D eigenvalue weighted by molar-refractivity contribution is 7.92. The fraction of sp³-hybridized carbons (Fsp3) is 0.811. The molecule has 50 heavy (non-hydrogen) atoms. The van der Waals surface area contributed by atoms with Gasteiger partial charge in [-0.25, -0.2) is 13.2 Å². The highest BCUT2D eigenvalue weighted by Gasteiger charge is 2.47. The van der Waals surface area contributed by atoms with E-state index in [0.29, 0.717) is 32.1 Å². The molecule has 0 heterocycles. The van der Waals surface area contributed by atoms with Crippen LogP contribution < -0.4 is 21.3 Å². The van der Waals surface area contributed by atoms with Gasteiger partial charge in [0.25, 0.3) is 5.91 Å². The fourth-order valence-electron chi connectivity index (χ4n) is 7.18. The minimum Gasteiger partial charge on any atom is -0.347 e. The van der Waals surface area contributed by atoms with Crippen molar-refractivity contribution in [2.45, 2.75) is 172 Å². The van der Waals surface area contributed by atoms with Crippen molar-refractivity contribution < 1.29 is 32.4 Å². The summed E-state index contributed by atoms with van der Waals surface area (Å²) in [5.41, 5.74) is -1.57. The lowest BCUT2D eigenvalue weighted by atomic mass is 9.70. The van der Waals surface area contributed by atoms with Crippen LogP contribution in [0.4, 0.5) is 4.79 Å². The summed E-state index contributed by atoms with van der Waals surface area (Å²) in [6, 6.07) is -3.81. The van der Waals surface area contributed by atoms with Gasteiger partial charge in [-0.3, -0.25) is 19.2 Å². The number of sulfone groups is 1. The van der Waals surface area contributed by atoms with Crippen LogP contribution in [0.25, 0.3) is 0 Å². The van der Waals surface area contributed by atoms with Gasteiger partial charge in [0.05, 0.1) is 22.1 Å². The van der Waals surface area contributed by atoms with Crippen molar-refractivity contribution in [2.75, 3.05) is 12.3 Å². The monoisotopic (exact) mass is 719 g/mol. The van der Waals surface area contributed by atoms with Crippen LogP contribution in [0.1, 0.15) is 138 Å². The number of amides is 5. The maximum atomic E-state index is 14.6. The first-order valence-corrected chi connectivity index (χ1v) is 20.2. The molecule has 0 aliphatic heterocycles. The van der Waals surface area contributed by atoms with Gasteiger partial charge >= 0.3 is 6.03 Å². The number of carbonyl (C=O) groups excluding carboxylic acids is 5. The molecule has 0 aromatic rings. The highest BCUT2D eigenvalue weighted by Crippen LogP contribution is 2.40. The molecular weight excluding hydrogens is 659 g/mol. The van der Waals surface area contributed by atoms with Gasteiger partial charge in [-0.15, -0.1) is 12.3 Å². The normalized spacial score (nSPS) is 20.6. The van der Waals surface area contributed by atoms with Crippen LogP contribution >= 0.6 is 0 Å². The SMILES string of the molecule is C#CCCC(NC(=O)[C@H](C)N(CCC)C(=O)[C@@H](NC(=O)NC1(CS(=O)(=O)C(C)(C)C)CCCCC1)C1(C)CCCCC1)C(=O)C(=O)NC1CC1. The van der Waals surface area contributed by atoms with E-state index >= 15 is 0 Å². The van der Waals surface area contributed by atoms with Crippen molar-refractivity contribution >= 4 is 39.4 Å². The van der Waals surface area contributed by atoms with E-state index < -0.39 is 73.2 Å². The lowest BCUT2D eigenvalue weighted by Crippen LogP contribution is -2.65. The van der Waals surface area contributed by atoms with Crippen LogP contribution in [0.5, 0.6) is 0 Å². The summed E-state index contributed by atoms with van der Waals surface area (Å²) in [6.45, 7) is 10.6. The number of Topliss-reactive ketones (excluding diaryl/α,β-unsaturated/α-hetero) is 1. The van der Waals surface area contributed by atoms with Crippen LogP contribution in [0, 0.1) is 17.8 Å². The van der Waals surface area contributed by atoms with Gasteiger partial charge in [0, 0.05) is 19.0 Å². The lowest BCUT2D eigenvalue weighted by Gasteiger charge is -2.44. The minimum absolute atomic E-state index is 0.0364. The smallest absolute Gasteiger partial charge is 0.315 e. The fourth-order valence-corrected chi connectivity index (χ4v) is 8.70. The molecule has 0 radical (unpaired) electrons. The topological polar surface area (TPSA) is 171 Å². The first-order valence-electron chi connectivity index (χ1n) is 18.6. The van der Waals surface area contributed by atoms with Crippen molar-refractivity contribution in [1.29, 1.82) is 0 Å². The Morgan fingerprint density at radius 3 is 2.04 bits per heavy atom. The van der Waals surface area contributed by atoms with Gasteiger partial charge in [-0.05, 0) is 84.5 Å². The molecule has 13 heteroatoms. The predicted molar refractivity (Wildman–Crippen MR) is 194 cm³/mol. The van der Waals surface area contributed by atoms with Crippen molar-refractivity contribution in [3.8, 4) is 12.3 Å². The quantitative estimate of drug-likeness (QED) is 0.138. The number of nitrogens with one attached hydrogen (secondary N) is 4. The molecule has 1 unspecified atom stereocenters. The Labute approximate surface area is 299 Å².